The molecule has 2 aromatic carbocycles. The SMILES string of the molecule is CC[C@@H](Nc1cc(F)c(C(=O)N[C@@H](Cc2ccc(-c3c(C)nc(C)n(C)c3=O)c3c2CCCO3)C(=O)O)c(F)c1F)C(F)(F)F. The van der Waals surface area contributed by atoms with Crippen LogP contribution in [0.3, 0.4) is 0 Å². The molecule has 3 aromatic rings. The van der Waals surface area contributed by atoms with Crippen LogP contribution in [0.5, 0.6) is 5.75 Å². The highest BCUT2D eigenvalue weighted by Gasteiger charge is 2.39. The van der Waals surface area contributed by atoms with Crippen molar-refractivity contribution in [3.63, 3.8) is 0 Å². The van der Waals surface area contributed by atoms with Crippen molar-refractivity contribution in [2.75, 3.05) is 11.9 Å². The minimum atomic E-state index is -4.85. The molecule has 4 rings (SSSR count). The maximum absolute atomic E-state index is 14.9. The minimum Gasteiger partial charge on any atom is -0.493 e. The van der Waals surface area contributed by atoms with Gasteiger partial charge < -0.3 is 20.5 Å². The number of rotatable bonds is 9. The van der Waals surface area contributed by atoms with Crippen LogP contribution in [0.2, 0.25) is 0 Å². The lowest BCUT2D eigenvalue weighted by atomic mass is 9.90. The number of carbonyl (C=O) groups excluding carboxylic acids is 1. The van der Waals surface area contributed by atoms with Crippen LogP contribution < -0.4 is 20.9 Å². The van der Waals surface area contributed by atoms with Crippen LogP contribution in [0.4, 0.5) is 32.0 Å². The zero-order valence-corrected chi connectivity index (χ0v) is 24.7. The van der Waals surface area contributed by atoms with E-state index in [-0.39, 0.29) is 18.0 Å². The monoisotopic (exact) mass is 640 g/mol. The summed E-state index contributed by atoms with van der Waals surface area (Å²) in [5.74, 6) is -8.10. The Kier molecular flexibility index (Phi) is 9.49. The first-order chi connectivity index (χ1) is 21.1. The molecule has 1 aliphatic heterocycles. The fourth-order valence-electron chi connectivity index (χ4n) is 5.23. The van der Waals surface area contributed by atoms with E-state index in [1.807, 2.05) is 5.32 Å². The van der Waals surface area contributed by atoms with Gasteiger partial charge in [0.2, 0.25) is 0 Å². The molecule has 0 fully saturated rings. The quantitative estimate of drug-likeness (QED) is 0.223. The van der Waals surface area contributed by atoms with Crippen LogP contribution in [0.25, 0.3) is 11.1 Å². The molecule has 0 spiro atoms. The molecule has 0 saturated carbocycles. The van der Waals surface area contributed by atoms with Crippen LogP contribution in [-0.4, -0.2) is 51.4 Å². The summed E-state index contributed by atoms with van der Waals surface area (Å²) in [7, 11) is 1.57. The molecule has 9 nitrogen and oxygen atoms in total. The van der Waals surface area contributed by atoms with Gasteiger partial charge in [0.1, 0.15) is 35.0 Å². The number of carboxylic acids is 1. The van der Waals surface area contributed by atoms with Gasteiger partial charge in [0, 0.05) is 25.1 Å². The second kappa shape index (κ2) is 12.8. The van der Waals surface area contributed by atoms with E-state index >= 15 is 0 Å². The average Bonchev–Trinajstić information content (AvgIpc) is 2.96. The highest BCUT2D eigenvalue weighted by molar-refractivity contribution is 5.97. The topological polar surface area (TPSA) is 123 Å². The third-order valence-corrected chi connectivity index (χ3v) is 7.69. The first-order valence-electron chi connectivity index (χ1n) is 13.9. The predicted octanol–water partition coefficient (Wildman–Crippen LogP) is 4.98. The van der Waals surface area contributed by atoms with Gasteiger partial charge in [0.15, 0.2) is 11.6 Å². The number of fused-ring (bicyclic) bond motifs is 1. The Morgan fingerprint density at radius 1 is 1.16 bits per heavy atom. The Hall–Kier alpha value is -4.56. The number of anilines is 1. The van der Waals surface area contributed by atoms with Crippen LogP contribution in [0.15, 0.2) is 23.0 Å². The lowest BCUT2D eigenvalue weighted by Crippen LogP contribution is -2.43. The average molecular weight is 641 g/mol. The normalized spacial score (nSPS) is 14.3. The molecule has 0 radical (unpaired) electrons. The van der Waals surface area contributed by atoms with Crippen LogP contribution in [-0.2, 0) is 24.7 Å². The third kappa shape index (κ3) is 6.61. The summed E-state index contributed by atoms with van der Waals surface area (Å²) < 4.78 is 91.0. The maximum Gasteiger partial charge on any atom is 0.408 e. The predicted molar refractivity (Wildman–Crippen MR) is 151 cm³/mol. The third-order valence-electron chi connectivity index (χ3n) is 7.69. The molecule has 1 amide bonds. The highest BCUT2D eigenvalue weighted by atomic mass is 19.4. The highest BCUT2D eigenvalue weighted by Crippen LogP contribution is 2.38. The van der Waals surface area contributed by atoms with Crippen molar-refractivity contribution < 1.29 is 45.8 Å². The molecule has 2 heterocycles. The molecule has 242 valence electrons. The van der Waals surface area contributed by atoms with E-state index in [4.69, 9.17) is 4.74 Å². The smallest absolute Gasteiger partial charge is 0.408 e. The van der Waals surface area contributed by atoms with Crippen molar-refractivity contribution in [2.24, 2.45) is 7.05 Å². The molecule has 1 aliphatic rings. The van der Waals surface area contributed by atoms with Gasteiger partial charge in [-0.25, -0.2) is 22.9 Å². The number of benzene rings is 2. The van der Waals surface area contributed by atoms with Gasteiger partial charge in [-0.1, -0.05) is 19.1 Å². The summed E-state index contributed by atoms with van der Waals surface area (Å²) in [5.41, 5.74) is -0.807. The molecule has 0 saturated heterocycles. The van der Waals surface area contributed by atoms with Gasteiger partial charge in [-0.05, 0) is 44.2 Å². The molecular formula is C30H30F6N4O5. The zero-order chi connectivity index (χ0) is 33.4. The molecular weight excluding hydrogens is 610 g/mol. The van der Waals surface area contributed by atoms with Crippen molar-refractivity contribution in [3.8, 4) is 16.9 Å². The van der Waals surface area contributed by atoms with E-state index in [2.05, 4.69) is 4.98 Å². The first-order valence-corrected chi connectivity index (χ1v) is 13.9. The van der Waals surface area contributed by atoms with Crippen molar-refractivity contribution in [1.82, 2.24) is 14.9 Å². The Labute approximate surface area is 253 Å². The summed E-state index contributed by atoms with van der Waals surface area (Å²) in [6.45, 7) is 4.80. The number of aromatic nitrogens is 2. The lowest BCUT2D eigenvalue weighted by Gasteiger charge is -2.25. The standard InChI is InChI=1S/C30H30F6N4O5/c1-5-21(30(34,35)36)38-19-12-18(31)23(25(33)24(19)32)27(41)39-20(29(43)44)11-15-8-9-17(26-16(15)7-6-10-45-26)22-13(2)37-14(3)40(4)28(22)42/h8-9,12,20-21,38H,5-7,10-11H2,1-4H3,(H,39,41)(H,43,44)/t20-,21+/m0/s1. The van der Waals surface area contributed by atoms with Crippen LogP contribution >= 0.6 is 0 Å². The molecule has 15 heteroatoms. The number of carbonyl (C=O) groups is 2. The molecule has 3 N–H and O–H groups in total. The molecule has 0 aliphatic carbocycles. The molecule has 45 heavy (non-hydrogen) atoms. The van der Waals surface area contributed by atoms with Gasteiger partial charge in [0.05, 0.1) is 23.6 Å². The van der Waals surface area contributed by atoms with E-state index < -0.39 is 65.3 Å². The second-order valence-electron chi connectivity index (χ2n) is 10.6. The molecule has 2 atom stereocenters. The van der Waals surface area contributed by atoms with E-state index in [0.29, 0.717) is 59.0 Å². The van der Waals surface area contributed by atoms with Gasteiger partial charge in [-0.3, -0.25) is 14.2 Å². The van der Waals surface area contributed by atoms with Crippen molar-refractivity contribution >= 4 is 17.6 Å². The van der Waals surface area contributed by atoms with Crippen molar-refractivity contribution in [2.45, 2.75) is 64.7 Å². The summed E-state index contributed by atoms with van der Waals surface area (Å²) >= 11 is 0. The number of carboxylic acid groups (broad SMARTS) is 1. The maximum atomic E-state index is 14.9. The fraction of sp³-hybridized carbons (Fsp3) is 0.400. The van der Waals surface area contributed by atoms with E-state index in [1.165, 1.54) is 4.57 Å². The number of amides is 1. The van der Waals surface area contributed by atoms with Crippen molar-refractivity contribution in [1.29, 1.82) is 0 Å². The number of nitrogens with zero attached hydrogens (tertiary/aromatic N) is 2. The van der Waals surface area contributed by atoms with Gasteiger partial charge in [-0.2, -0.15) is 13.2 Å². The summed E-state index contributed by atoms with van der Waals surface area (Å²) in [4.78, 5) is 42.5. The Morgan fingerprint density at radius 3 is 2.47 bits per heavy atom. The number of hydrogen-bond donors (Lipinski definition) is 3. The van der Waals surface area contributed by atoms with Crippen LogP contribution in [0, 0.1) is 31.3 Å². The summed E-state index contributed by atoms with van der Waals surface area (Å²) in [5, 5.41) is 13.5. The van der Waals surface area contributed by atoms with Crippen molar-refractivity contribution in [3.05, 3.63) is 74.2 Å². The number of ether oxygens (including phenoxy) is 1. The van der Waals surface area contributed by atoms with Gasteiger partial charge in [-0.15, -0.1) is 0 Å². The number of halogens is 6. The zero-order valence-electron chi connectivity index (χ0n) is 24.7. The molecule has 0 bridgehead atoms. The Bertz CT molecular complexity index is 1720. The minimum absolute atomic E-state index is 0.205. The largest absolute Gasteiger partial charge is 0.493 e. The second-order valence-corrected chi connectivity index (χ2v) is 10.6. The first kappa shape index (κ1) is 33.3. The lowest BCUT2D eigenvalue weighted by molar-refractivity contribution is -0.143. The number of nitrogens with one attached hydrogen (secondary N) is 2. The van der Waals surface area contributed by atoms with E-state index in [9.17, 15) is 45.8 Å². The molecule has 1 aromatic heterocycles. The summed E-state index contributed by atoms with van der Waals surface area (Å²) in [6, 6.07) is -0.769. The Balaban J connectivity index is 1.66. The van der Waals surface area contributed by atoms with E-state index in [1.54, 1.807) is 38.3 Å². The molecule has 0 unspecified atom stereocenters. The fourth-order valence-corrected chi connectivity index (χ4v) is 5.23. The summed E-state index contributed by atoms with van der Waals surface area (Å²) in [6.07, 6.45) is -4.84. The number of hydrogen-bond acceptors (Lipinski definition) is 6. The Morgan fingerprint density at radius 2 is 1.84 bits per heavy atom. The van der Waals surface area contributed by atoms with Crippen LogP contribution in [0.1, 0.15) is 52.8 Å². The van der Waals surface area contributed by atoms with Gasteiger partial charge in [0.25, 0.3) is 11.5 Å². The van der Waals surface area contributed by atoms with E-state index in [0.717, 1.165) is 6.92 Å². The number of aliphatic carboxylic acids is 1. The number of alkyl halides is 3. The number of aryl methyl sites for hydroxylation is 2. The van der Waals surface area contributed by atoms with Gasteiger partial charge >= 0.3 is 12.1 Å².